The molecule has 2 heterocycles. The molecule has 182 valence electrons. The van der Waals surface area contributed by atoms with Crippen molar-refractivity contribution < 1.29 is 12.6 Å². The van der Waals surface area contributed by atoms with E-state index in [0.717, 1.165) is 53.9 Å². The summed E-state index contributed by atoms with van der Waals surface area (Å²) in [7, 11) is 0. The van der Waals surface area contributed by atoms with Crippen molar-refractivity contribution in [1.82, 2.24) is 4.98 Å². The van der Waals surface area contributed by atoms with Crippen LogP contribution in [0.3, 0.4) is 0 Å². The molecule has 2 heteroatoms. The van der Waals surface area contributed by atoms with E-state index in [-0.39, 0.29) is 11.1 Å². The Bertz CT molecular complexity index is 2740. The van der Waals surface area contributed by atoms with Gasteiger partial charge in [0.05, 0.1) is 5.52 Å². The van der Waals surface area contributed by atoms with Gasteiger partial charge in [-0.25, -0.2) is 0 Å². The molecule has 0 spiro atoms. The average molecular weight is 504 g/mol. The Morgan fingerprint density at radius 3 is 1.79 bits per heavy atom. The maximum absolute atomic E-state index is 8.55. The molecule has 0 atom stereocenters. The van der Waals surface area contributed by atoms with E-state index < -0.39 is 13.7 Å². The number of hydrogen-bond acceptors (Lipinski definition) is 2. The summed E-state index contributed by atoms with van der Waals surface area (Å²) in [5.74, 6) is 0. The number of rotatable bonds is 0. The first-order chi connectivity index (χ1) is 21.6. The summed E-state index contributed by atoms with van der Waals surface area (Å²) in [6.07, 6.45) is 1.21. The number of nitrogens with zero attached hydrogens (tertiary/aromatic N) is 1. The molecule has 0 bridgehead atoms. The minimum absolute atomic E-state index is 0.210. The van der Waals surface area contributed by atoms with Gasteiger partial charge in [0.25, 0.3) is 0 Å². The third-order valence-electron chi connectivity index (χ3n) is 8.31. The fourth-order valence-corrected chi connectivity index (χ4v) is 6.59. The molecule has 0 unspecified atom stereocenters. The van der Waals surface area contributed by atoms with Crippen molar-refractivity contribution in [2.24, 2.45) is 0 Å². The summed E-state index contributed by atoms with van der Waals surface area (Å²) in [4.78, 5) is 4.62. The third-order valence-corrected chi connectivity index (χ3v) is 8.31. The van der Waals surface area contributed by atoms with Crippen LogP contribution in [0.4, 0.5) is 0 Å². The summed E-state index contributed by atoms with van der Waals surface area (Å²) >= 11 is 0. The maximum atomic E-state index is 8.55. The summed E-state index contributed by atoms with van der Waals surface area (Å²) in [5.41, 5.74) is 1.13. The van der Waals surface area contributed by atoms with Gasteiger partial charge in [0.2, 0.25) is 0 Å². The van der Waals surface area contributed by atoms with Crippen LogP contribution in [0, 0.1) is 13.7 Å². The highest BCUT2D eigenvalue weighted by Crippen LogP contribution is 2.45. The Hall–Kier alpha value is -4.95. The van der Waals surface area contributed by atoms with E-state index in [1.165, 1.54) is 11.6 Å². The standard InChI is InChI=1S/C37H23NO/c1-20-19-38-36-28-14-8-7-13-26(28)27-15-16-29-32-17-30-24-11-5-3-9-22(24)23-10-4-6-12-25(23)31(30)18-33(32)39-37(29)35(27)34(36)21(20)2/h3-19H,1-2H3/i1D3,2D3. The van der Waals surface area contributed by atoms with Gasteiger partial charge in [-0.1, -0.05) is 78.9 Å². The van der Waals surface area contributed by atoms with Gasteiger partial charge in [-0.2, -0.15) is 0 Å². The molecule has 0 aliphatic rings. The number of hydrogen-bond donors (Lipinski definition) is 0. The zero-order chi connectivity index (χ0) is 30.8. The summed E-state index contributed by atoms with van der Waals surface area (Å²) < 4.78 is 57.1. The van der Waals surface area contributed by atoms with Gasteiger partial charge in [-0.15, -0.1) is 0 Å². The molecule has 7 aromatic carbocycles. The van der Waals surface area contributed by atoms with Crippen molar-refractivity contribution in [1.29, 1.82) is 0 Å². The largest absolute Gasteiger partial charge is 0.455 e. The zero-order valence-corrected chi connectivity index (χ0v) is 20.7. The molecule has 0 aliphatic heterocycles. The van der Waals surface area contributed by atoms with E-state index in [2.05, 4.69) is 47.4 Å². The number of benzene rings is 7. The van der Waals surface area contributed by atoms with Crippen molar-refractivity contribution in [3.05, 3.63) is 114 Å². The summed E-state index contributed by atoms with van der Waals surface area (Å²) in [5, 5.41) is 11.7. The second-order valence-corrected chi connectivity index (χ2v) is 10.3. The lowest BCUT2D eigenvalue weighted by Gasteiger charge is -2.13. The number of aromatic nitrogens is 1. The number of pyridine rings is 1. The molecule has 39 heavy (non-hydrogen) atoms. The zero-order valence-electron chi connectivity index (χ0n) is 26.7. The lowest BCUT2D eigenvalue weighted by molar-refractivity contribution is 0.673. The van der Waals surface area contributed by atoms with Gasteiger partial charge in [0, 0.05) is 41.4 Å². The molecule has 2 nitrogen and oxygen atoms in total. The van der Waals surface area contributed by atoms with Crippen LogP contribution in [0.2, 0.25) is 0 Å². The summed E-state index contributed by atoms with van der Waals surface area (Å²) in [6, 6.07) is 32.7. The minimum Gasteiger partial charge on any atom is -0.455 e. The molecular formula is C37H23NO. The van der Waals surface area contributed by atoms with Crippen LogP contribution in [0.5, 0.6) is 0 Å². The molecule has 0 saturated carbocycles. The van der Waals surface area contributed by atoms with Crippen molar-refractivity contribution >= 4 is 86.7 Å². The Morgan fingerprint density at radius 1 is 0.538 bits per heavy atom. The van der Waals surface area contributed by atoms with Gasteiger partial charge >= 0.3 is 0 Å². The maximum Gasteiger partial charge on any atom is 0.143 e. The third kappa shape index (κ3) is 2.63. The molecule has 9 rings (SSSR count). The molecular weight excluding hydrogens is 474 g/mol. The van der Waals surface area contributed by atoms with Crippen LogP contribution in [-0.4, -0.2) is 4.98 Å². The molecule has 0 radical (unpaired) electrons. The van der Waals surface area contributed by atoms with E-state index in [4.69, 9.17) is 12.6 Å². The van der Waals surface area contributed by atoms with Crippen LogP contribution in [0.1, 0.15) is 19.4 Å². The minimum atomic E-state index is -2.72. The fraction of sp³-hybridized carbons (Fsp3) is 0.0541. The molecule has 0 amide bonds. The molecule has 9 aromatic rings. The van der Waals surface area contributed by atoms with Gasteiger partial charge in [0.15, 0.2) is 0 Å². The first-order valence-corrected chi connectivity index (χ1v) is 13.0. The highest BCUT2D eigenvalue weighted by Gasteiger charge is 2.19. The molecule has 0 N–H and O–H groups in total. The van der Waals surface area contributed by atoms with Crippen molar-refractivity contribution in [2.45, 2.75) is 13.7 Å². The lowest BCUT2D eigenvalue weighted by atomic mass is 9.91. The number of furan rings is 1. The van der Waals surface area contributed by atoms with E-state index in [1.54, 1.807) is 0 Å². The number of aryl methyl sites for hydroxylation is 2. The number of fused-ring (bicyclic) bond motifs is 16. The second kappa shape index (κ2) is 7.33. The molecule has 0 fully saturated rings. The lowest BCUT2D eigenvalue weighted by Crippen LogP contribution is -1.92. The van der Waals surface area contributed by atoms with Gasteiger partial charge < -0.3 is 4.42 Å². The van der Waals surface area contributed by atoms with E-state index in [0.29, 0.717) is 27.5 Å². The Morgan fingerprint density at radius 2 is 1.13 bits per heavy atom. The monoisotopic (exact) mass is 503 g/mol. The van der Waals surface area contributed by atoms with Gasteiger partial charge in [0.1, 0.15) is 11.2 Å². The average Bonchev–Trinajstić information content (AvgIpc) is 3.40. The first-order valence-electron chi connectivity index (χ1n) is 16.0. The first kappa shape index (κ1) is 16.1. The van der Waals surface area contributed by atoms with Crippen molar-refractivity contribution in [3.63, 3.8) is 0 Å². The summed E-state index contributed by atoms with van der Waals surface area (Å²) in [6.45, 7) is -5.40. The molecule has 0 saturated heterocycles. The second-order valence-electron chi connectivity index (χ2n) is 10.3. The van der Waals surface area contributed by atoms with Crippen LogP contribution in [0.25, 0.3) is 86.7 Å². The fourth-order valence-electron chi connectivity index (χ4n) is 6.59. The Labute approximate surface area is 232 Å². The van der Waals surface area contributed by atoms with Gasteiger partial charge in [-0.05, 0) is 86.1 Å². The normalized spacial score (nSPS) is 15.3. The highest BCUT2D eigenvalue weighted by atomic mass is 16.3. The Balaban J connectivity index is 1.55. The molecule has 2 aromatic heterocycles. The van der Waals surface area contributed by atoms with Crippen LogP contribution in [0.15, 0.2) is 108 Å². The highest BCUT2D eigenvalue weighted by molar-refractivity contribution is 6.34. The van der Waals surface area contributed by atoms with Crippen LogP contribution in [-0.2, 0) is 0 Å². The van der Waals surface area contributed by atoms with Crippen LogP contribution < -0.4 is 0 Å². The Kier molecular flexibility index (Phi) is 3.03. The quantitative estimate of drug-likeness (QED) is 0.192. The van der Waals surface area contributed by atoms with E-state index in [1.807, 2.05) is 54.6 Å². The van der Waals surface area contributed by atoms with Crippen LogP contribution >= 0.6 is 0 Å². The van der Waals surface area contributed by atoms with Crippen molar-refractivity contribution in [3.8, 4) is 0 Å². The van der Waals surface area contributed by atoms with E-state index >= 15 is 0 Å². The van der Waals surface area contributed by atoms with Crippen molar-refractivity contribution in [2.75, 3.05) is 0 Å². The topological polar surface area (TPSA) is 26.0 Å². The van der Waals surface area contributed by atoms with Gasteiger partial charge in [-0.3, -0.25) is 4.98 Å². The molecule has 0 aliphatic carbocycles. The predicted molar refractivity (Wildman–Crippen MR) is 166 cm³/mol. The SMILES string of the molecule is [2H]C([2H])([2H])c1cnc2c3ccccc3c3ccc4c5cc6c7ccccc7c7ccccc7c6cc5oc4c3c2c1C([2H])([2H])[2H]. The van der Waals surface area contributed by atoms with E-state index in [9.17, 15) is 0 Å². The predicted octanol–water partition coefficient (Wildman–Crippen LogP) is 10.5. The smallest absolute Gasteiger partial charge is 0.143 e.